The number of rotatable bonds is 3. The molecule has 0 bridgehead atoms. The summed E-state index contributed by atoms with van der Waals surface area (Å²) < 4.78 is 5.79. The predicted molar refractivity (Wildman–Crippen MR) is 75.7 cm³/mol. The smallest absolute Gasteiger partial charge is 0.253 e. The minimum atomic E-state index is 0.0475. The van der Waals surface area contributed by atoms with Gasteiger partial charge in [-0.2, -0.15) is 5.10 Å². The van der Waals surface area contributed by atoms with Gasteiger partial charge in [0, 0.05) is 19.6 Å². The van der Waals surface area contributed by atoms with E-state index in [1.807, 2.05) is 0 Å². The van der Waals surface area contributed by atoms with Crippen molar-refractivity contribution in [1.82, 2.24) is 15.1 Å². The van der Waals surface area contributed by atoms with Crippen molar-refractivity contribution in [3.8, 4) is 0 Å². The molecule has 3 heterocycles. The third-order valence-electron chi connectivity index (χ3n) is 4.20. The van der Waals surface area contributed by atoms with Crippen molar-refractivity contribution >= 4 is 11.6 Å². The zero-order valence-electron chi connectivity index (χ0n) is 12.0. The average Bonchev–Trinajstić information content (AvgIpc) is 2.94. The van der Waals surface area contributed by atoms with Crippen LogP contribution in [0.4, 0.5) is 5.69 Å². The number of fused-ring (bicyclic) bond motifs is 1. The number of nitrogens with zero attached hydrogens (tertiary/aromatic N) is 3. The van der Waals surface area contributed by atoms with E-state index in [0.717, 1.165) is 56.7 Å². The van der Waals surface area contributed by atoms with Gasteiger partial charge in [0.2, 0.25) is 0 Å². The summed E-state index contributed by atoms with van der Waals surface area (Å²) in [4.78, 5) is 16.4. The molecular weight excluding hydrogens is 256 g/mol. The first-order valence-corrected chi connectivity index (χ1v) is 7.37. The number of H-pyrrole nitrogens is 1. The van der Waals surface area contributed by atoms with Gasteiger partial charge in [0.25, 0.3) is 5.91 Å². The summed E-state index contributed by atoms with van der Waals surface area (Å²) in [6, 6.07) is 0. The molecule has 2 aliphatic heterocycles. The summed E-state index contributed by atoms with van der Waals surface area (Å²) in [6.07, 6.45) is 5.94. The van der Waals surface area contributed by atoms with Gasteiger partial charge in [-0.15, -0.1) is 0 Å². The molecule has 1 aromatic rings. The highest BCUT2D eigenvalue weighted by molar-refractivity contribution is 5.95. The van der Waals surface area contributed by atoms with Crippen molar-refractivity contribution in [3.63, 3.8) is 0 Å². The summed E-state index contributed by atoms with van der Waals surface area (Å²) in [5.74, 6) is 0.0475. The van der Waals surface area contributed by atoms with E-state index in [4.69, 9.17) is 4.74 Å². The molecule has 2 aliphatic rings. The lowest BCUT2D eigenvalue weighted by molar-refractivity contribution is -0.126. The van der Waals surface area contributed by atoms with Crippen LogP contribution in [0.15, 0.2) is 6.20 Å². The highest BCUT2D eigenvalue weighted by Crippen LogP contribution is 2.24. The predicted octanol–water partition coefficient (Wildman–Crippen LogP) is 0.800. The number of anilines is 1. The second kappa shape index (κ2) is 5.93. The van der Waals surface area contributed by atoms with Crippen LogP contribution < -0.4 is 4.90 Å². The van der Waals surface area contributed by atoms with Crippen LogP contribution in [0, 0.1) is 0 Å². The van der Waals surface area contributed by atoms with E-state index in [2.05, 4.69) is 22.1 Å². The molecule has 1 N–H and O–H groups in total. The van der Waals surface area contributed by atoms with E-state index in [9.17, 15) is 4.79 Å². The zero-order chi connectivity index (χ0) is 13.9. The Morgan fingerprint density at radius 3 is 3.05 bits per heavy atom. The zero-order valence-corrected chi connectivity index (χ0v) is 12.0. The third kappa shape index (κ3) is 2.86. The van der Waals surface area contributed by atoms with Crippen molar-refractivity contribution in [1.29, 1.82) is 0 Å². The molecule has 0 aliphatic carbocycles. The van der Waals surface area contributed by atoms with E-state index < -0.39 is 0 Å². The Hall–Kier alpha value is -1.40. The minimum absolute atomic E-state index is 0.0475. The van der Waals surface area contributed by atoms with Gasteiger partial charge in [0.1, 0.15) is 6.61 Å². The van der Waals surface area contributed by atoms with Crippen molar-refractivity contribution in [2.24, 2.45) is 0 Å². The Balaban J connectivity index is 1.53. The summed E-state index contributed by atoms with van der Waals surface area (Å²) >= 11 is 0. The number of aryl methyl sites for hydroxylation is 1. The number of ether oxygens (including phenoxy) is 1. The third-order valence-corrected chi connectivity index (χ3v) is 4.20. The summed E-state index contributed by atoms with van der Waals surface area (Å²) in [5.41, 5.74) is 1.98. The highest BCUT2D eigenvalue weighted by Gasteiger charge is 2.25. The maximum absolute atomic E-state index is 12.3. The molecule has 110 valence electrons. The maximum Gasteiger partial charge on any atom is 0.253 e. The Morgan fingerprint density at radius 1 is 1.45 bits per heavy atom. The Labute approximate surface area is 119 Å². The fourth-order valence-electron chi connectivity index (χ4n) is 2.94. The maximum atomic E-state index is 12.3. The van der Waals surface area contributed by atoms with E-state index >= 15 is 0 Å². The molecular formula is C14H22N4O2. The van der Waals surface area contributed by atoms with Gasteiger partial charge in [0.05, 0.1) is 23.7 Å². The molecule has 0 spiro atoms. The summed E-state index contributed by atoms with van der Waals surface area (Å²) in [7, 11) is 2.12. The van der Waals surface area contributed by atoms with Crippen molar-refractivity contribution in [2.45, 2.75) is 31.8 Å². The van der Waals surface area contributed by atoms with Gasteiger partial charge >= 0.3 is 0 Å². The number of nitrogens with one attached hydrogen (secondary N) is 1. The number of aromatic amines is 1. The van der Waals surface area contributed by atoms with Crippen LogP contribution in [-0.2, 0) is 16.0 Å². The number of amides is 1. The van der Waals surface area contributed by atoms with Crippen LogP contribution in [0.1, 0.15) is 25.0 Å². The first-order chi connectivity index (χ1) is 9.74. The first-order valence-electron chi connectivity index (χ1n) is 7.37. The van der Waals surface area contributed by atoms with Gasteiger partial charge in [0.15, 0.2) is 0 Å². The first kappa shape index (κ1) is 13.6. The van der Waals surface area contributed by atoms with Crippen LogP contribution in [0.5, 0.6) is 0 Å². The molecule has 0 atom stereocenters. The molecule has 0 unspecified atom stereocenters. The highest BCUT2D eigenvalue weighted by atomic mass is 16.5. The Morgan fingerprint density at radius 2 is 2.25 bits per heavy atom. The molecule has 1 amide bonds. The largest absolute Gasteiger partial charge is 0.368 e. The lowest BCUT2D eigenvalue weighted by Crippen LogP contribution is -2.40. The molecule has 0 saturated carbocycles. The fourth-order valence-corrected chi connectivity index (χ4v) is 2.94. The van der Waals surface area contributed by atoms with E-state index in [-0.39, 0.29) is 18.6 Å². The van der Waals surface area contributed by atoms with Crippen molar-refractivity contribution in [3.05, 3.63) is 11.9 Å². The van der Waals surface area contributed by atoms with Gasteiger partial charge in [-0.25, -0.2) is 0 Å². The molecule has 20 heavy (non-hydrogen) atoms. The lowest BCUT2D eigenvalue weighted by atomic mass is 10.1. The molecule has 6 nitrogen and oxygen atoms in total. The minimum Gasteiger partial charge on any atom is -0.368 e. The van der Waals surface area contributed by atoms with Crippen molar-refractivity contribution < 1.29 is 9.53 Å². The van der Waals surface area contributed by atoms with Crippen LogP contribution in [0.2, 0.25) is 0 Å². The average molecular weight is 278 g/mol. The van der Waals surface area contributed by atoms with Crippen LogP contribution in [0.25, 0.3) is 0 Å². The second-order valence-electron chi connectivity index (χ2n) is 5.70. The molecule has 1 aromatic heterocycles. The molecule has 0 radical (unpaired) electrons. The SMILES string of the molecule is CN1CCC(OCC(=O)N2CCCc3[nH]ncc32)CC1. The van der Waals surface area contributed by atoms with Crippen LogP contribution >= 0.6 is 0 Å². The lowest BCUT2D eigenvalue weighted by Gasteiger charge is -2.30. The molecule has 3 rings (SSSR count). The second-order valence-corrected chi connectivity index (χ2v) is 5.70. The standard InChI is InChI=1S/C14H22N4O2/c1-17-7-4-11(5-8-17)20-10-14(19)18-6-2-3-12-13(18)9-15-16-12/h9,11H,2-8,10H2,1H3,(H,15,16). The number of piperidine rings is 1. The quantitative estimate of drug-likeness (QED) is 0.888. The van der Waals surface area contributed by atoms with Crippen LogP contribution in [0.3, 0.4) is 0 Å². The molecule has 1 fully saturated rings. The number of carbonyl (C=O) groups is 1. The Bertz CT molecular complexity index is 465. The Kier molecular flexibility index (Phi) is 4.03. The molecule has 1 saturated heterocycles. The van der Waals surface area contributed by atoms with E-state index in [1.54, 1.807) is 11.1 Å². The number of likely N-dealkylation sites (tertiary alicyclic amines) is 1. The normalized spacial score (nSPS) is 20.9. The van der Waals surface area contributed by atoms with Gasteiger partial charge in [-0.3, -0.25) is 9.89 Å². The number of aromatic nitrogens is 2. The topological polar surface area (TPSA) is 61.5 Å². The van der Waals surface area contributed by atoms with Crippen molar-refractivity contribution in [2.75, 3.05) is 38.2 Å². The van der Waals surface area contributed by atoms with Crippen LogP contribution in [-0.4, -0.2) is 60.4 Å². The number of carbonyl (C=O) groups excluding carboxylic acids is 1. The van der Waals surface area contributed by atoms with E-state index in [1.165, 1.54) is 0 Å². The number of hydrogen-bond donors (Lipinski definition) is 1. The molecule has 6 heteroatoms. The number of hydrogen-bond acceptors (Lipinski definition) is 4. The molecule has 0 aromatic carbocycles. The summed E-state index contributed by atoms with van der Waals surface area (Å²) in [6.45, 7) is 3.05. The van der Waals surface area contributed by atoms with E-state index in [0.29, 0.717) is 0 Å². The van der Waals surface area contributed by atoms with Gasteiger partial charge in [-0.1, -0.05) is 0 Å². The fraction of sp³-hybridized carbons (Fsp3) is 0.714. The van der Waals surface area contributed by atoms with Gasteiger partial charge in [-0.05, 0) is 32.7 Å². The summed E-state index contributed by atoms with van der Waals surface area (Å²) in [5, 5.41) is 6.99. The van der Waals surface area contributed by atoms with Gasteiger partial charge < -0.3 is 14.5 Å². The monoisotopic (exact) mass is 278 g/mol.